The van der Waals surface area contributed by atoms with E-state index in [-0.39, 0.29) is 11.3 Å². The van der Waals surface area contributed by atoms with Gasteiger partial charge in [0.2, 0.25) is 0 Å². The Bertz CT molecular complexity index is 438. The molecule has 1 unspecified atom stereocenters. The second-order valence-electron chi connectivity index (χ2n) is 6.82. The minimum atomic E-state index is -1.84. The van der Waals surface area contributed by atoms with Gasteiger partial charge in [-0.3, -0.25) is 0 Å². The summed E-state index contributed by atoms with van der Waals surface area (Å²) in [5.74, 6) is 0.870. The lowest BCUT2D eigenvalue weighted by molar-refractivity contribution is -0.0825. The van der Waals surface area contributed by atoms with E-state index in [9.17, 15) is 0 Å². The van der Waals surface area contributed by atoms with Crippen molar-refractivity contribution in [1.29, 1.82) is 0 Å². The molecule has 0 aromatic heterocycles. The zero-order valence-electron chi connectivity index (χ0n) is 14.5. The Hall–Kier alpha value is -0.843. The van der Waals surface area contributed by atoms with Crippen molar-refractivity contribution in [2.24, 2.45) is 0 Å². The Balaban J connectivity index is 2.82. The molecule has 0 fully saturated rings. The molecule has 1 rings (SSSR count). The fraction of sp³-hybridized carbons (Fsp3) is 0.647. The van der Waals surface area contributed by atoms with Crippen LogP contribution in [-0.2, 0) is 15.6 Å². The topological polar surface area (TPSA) is 27.7 Å². The molecule has 1 aromatic carbocycles. The van der Waals surface area contributed by atoms with Crippen LogP contribution in [0.3, 0.4) is 0 Å². The maximum absolute atomic E-state index is 6.40. The van der Waals surface area contributed by atoms with Gasteiger partial charge in [0.25, 0.3) is 0 Å². The lowest BCUT2D eigenvalue weighted by atomic mass is 10.1. The van der Waals surface area contributed by atoms with Crippen LogP contribution in [0.2, 0.25) is 18.1 Å². The molecule has 0 N–H and O–H groups in total. The number of hydrogen-bond donors (Lipinski definition) is 0. The van der Waals surface area contributed by atoms with Gasteiger partial charge < -0.3 is 13.9 Å². The zero-order chi connectivity index (χ0) is 16.1. The highest BCUT2D eigenvalue weighted by Gasteiger charge is 2.39. The summed E-state index contributed by atoms with van der Waals surface area (Å²) in [6.45, 7) is 13.9. The predicted molar refractivity (Wildman–Crippen MR) is 90.4 cm³/mol. The maximum atomic E-state index is 6.40. The molecule has 0 amide bonds. The van der Waals surface area contributed by atoms with Crippen LogP contribution in [0, 0.1) is 0 Å². The number of rotatable bonds is 7. The Morgan fingerprint density at radius 2 is 1.86 bits per heavy atom. The van der Waals surface area contributed by atoms with Crippen LogP contribution >= 0.6 is 0 Å². The molecule has 120 valence electrons. The minimum absolute atomic E-state index is 0.177. The fourth-order valence-electron chi connectivity index (χ4n) is 1.82. The molecule has 0 saturated heterocycles. The molecule has 0 aliphatic carbocycles. The Kier molecular flexibility index (Phi) is 6.44. The summed E-state index contributed by atoms with van der Waals surface area (Å²) >= 11 is 0. The zero-order valence-corrected chi connectivity index (χ0v) is 15.5. The molecule has 0 heterocycles. The van der Waals surface area contributed by atoms with Crippen molar-refractivity contribution >= 4 is 8.32 Å². The van der Waals surface area contributed by atoms with Crippen molar-refractivity contribution in [3.63, 3.8) is 0 Å². The molecule has 1 atom stereocenters. The predicted octanol–water partition coefficient (Wildman–Crippen LogP) is 4.62. The van der Waals surface area contributed by atoms with Crippen LogP contribution in [0.4, 0.5) is 0 Å². The van der Waals surface area contributed by atoms with E-state index in [0.717, 1.165) is 12.2 Å². The number of benzene rings is 1. The molecule has 0 aliphatic heterocycles. The fourth-order valence-corrected chi connectivity index (χ4v) is 2.98. The van der Waals surface area contributed by atoms with E-state index in [1.807, 2.05) is 25.1 Å². The van der Waals surface area contributed by atoms with Gasteiger partial charge in [-0.1, -0.05) is 32.9 Å². The second-order valence-corrected chi connectivity index (χ2v) is 11.6. The molecule has 3 nitrogen and oxygen atoms in total. The molecule has 0 radical (unpaired) electrons. The molecule has 0 saturated carbocycles. The third-order valence-electron chi connectivity index (χ3n) is 4.12. The van der Waals surface area contributed by atoms with E-state index >= 15 is 0 Å². The van der Waals surface area contributed by atoms with E-state index in [1.54, 1.807) is 7.11 Å². The average molecular weight is 311 g/mol. The highest BCUT2D eigenvalue weighted by atomic mass is 28.4. The largest absolute Gasteiger partial charge is 0.497 e. The lowest BCUT2D eigenvalue weighted by Gasteiger charge is -2.39. The van der Waals surface area contributed by atoms with Crippen LogP contribution in [0.5, 0.6) is 5.75 Å². The van der Waals surface area contributed by atoms with Gasteiger partial charge in [-0.25, -0.2) is 0 Å². The second kappa shape index (κ2) is 7.43. The summed E-state index contributed by atoms with van der Waals surface area (Å²) in [4.78, 5) is 0. The van der Waals surface area contributed by atoms with Gasteiger partial charge in [-0.15, -0.1) is 0 Å². The summed E-state index contributed by atoms with van der Waals surface area (Å²) in [6, 6.07) is 8.09. The van der Waals surface area contributed by atoms with Crippen molar-refractivity contribution in [1.82, 2.24) is 0 Å². The highest BCUT2D eigenvalue weighted by Crippen LogP contribution is 2.37. The molecule has 21 heavy (non-hydrogen) atoms. The normalized spacial score (nSPS) is 14.0. The van der Waals surface area contributed by atoms with Gasteiger partial charge in [0.05, 0.1) is 7.11 Å². The molecule has 4 heteroatoms. The third-order valence-corrected chi connectivity index (χ3v) is 8.59. The van der Waals surface area contributed by atoms with Gasteiger partial charge >= 0.3 is 0 Å². The van der Waals surface area contributed by atoms with Gasteiger partial charge in [-0.2, -0.15) is 0 Å². The molecule has 0 bridgehead atoms. The third kappa shape index (κ3) is 5.45. The summed E-state index contributed by atoms with van der Waals surface area (Å²) in [6.07, 6.45) is 0.556. The summed E-state index contributed by atoms with van der Waals surface area (Å²) in [5.41, 5.74) is 1.17. The Morgan fingerprint density at radius 3 is 2.38 bits per heavy atom. The van der Waals surface area contributed by atoms with Crippen LogP contribution in [0.25, 0.3) is 0 Å². The molecule has 0 spiro atoms. The number of methoxy groups -OCH3 is 1. The maximum Gasteiger partial charge on any atom is 0.195 e. The molecular formula is C17H30O3Si. The first-order valence-corrected chi connectivity index (χ1v) is 10.5. The van der Waals surface area contributed by atoms with E-state index in [2.05, 4.69) is 39.9 Å². The summed E-state index contributed by atoms with van der Waals surface area (Å²) < 4.78 is 17.5. The minimum Gasteiger partial charge on any atom is -0.497 e. The van der Waals surface area contributed by atoms with Crippen LogP contribution in [-0.4, -0.2) is 28.3 Å². The van der Waals surface area contributed by atoms with E-state index in [1.165, 1.54) is 5.56 Å². The van der Waals surface area contributed by atoms with Crippen LogP contribution in [0.15, 0.2) is 24.3 Å². The van der Waals surface area contributed by atoms with Crippen molar-refractivity contribution in [3.05, 3.63) is 29.8 Å². The molecule has 1 aromatic rings. The van der Waals surface area contributed by atoms with Gasteiger partial charge in [-0.05, 0) is 42.8 Å². The monoisotopic (exact) mass is 310 g/mol. The summed E-state index contributed by atoms with van der Waals surface area (Å²) in [5, 5.41) is 0.177. The van der Waals surface area contributed by atoms with Crippen molar-refractivity contribution in [2.45, 2.75) is 58.5 Å². The first kappa shape index (κ1) is 18.2. The Morgan fingerprint density at radius 1 is 1.19 bits per heavy atom. The lowest BCUT2D eigenvalue weighted by Crippen LogP contribution is -2.45. The van der Waals surface area contributed by atoms with Crippen molar-refractivity contribution in [2.75, 3.05) is 13.7 Å². The molecule has 0 aliphatic rings. The quantitative estimate of drug-likeness (QED) is 0.543. The van der Waals surface area contributed by atoms with Crippen LogP contribution in [0.1, 0.15) is 33.3 Å². The summed E-state index contributed by atoms with van der Waals surface area (Å²) in [7, 11) is -0.151. The van der Waals surface area contributed by atoms with E-state index < -0.39 is 8.32 Å². The van der Waals surface area contributed by atoms with E-state index in [4.69, 9.17) is 13.9 Å². The molecular weight excluding hydrogens is 280 g/mol. The first-order chi connectivity index (χ1) is 9.69. The first-order valence-electron chi connectivity index (χ1n) is 7.62. The van der Waals surface area contributed by atoms with Gasteiger partial charge in [0.1, 0.15) is 5.75 Å². The average Bonchev–Trinajstić information content (AvgIpc) is 2.37. The van der Waals surface area contributed by atoms with Crippen LogP contribution < -0.4 is 4.74 Å². The highest BCUT2D eigenvalue weighted by molar-refractivity contribution is 6.74. The van der Waals surface area contributed by atoms with Crippen molar-refractivity contribution < 1.29 is 13.9 Å². The number of ether oxygens (including phenoxy) is 2. The Labute approximate surface area is 130 Å². The number of hydrogen-bond acceptors (Lipinski definition) is 3. The van der Waals surface area contributed by atoms with Gasteiger partial charge in [0.15, 0.2) is 14.6 Å². The smallest absolute Gasteiger partial charge is 0.195 e. The van der Waals surface area contributed by atoms with E-state index in [0.29, 0.717) is 6.61 Å². The van der Waals surface area contributed by atoms with Crippen molar-refractivity contribution in [3.8, 4) is 5.75 Å². The SMILES string of the molecule is CCOC(Cc1cccc(OC)c1)O[Si](C)(C)C(C)(C)C. The van der Waals surface area contributed by atoms with Gasteiger partial charge in [0, 0.05) is 13.0 Å². The standard InChI is InChI=1S/C17H30O3Si/c1-8-19-16(20-21(6,7)17(2,3)4)13-14-10-9-11-15(12-14)18-5/h9-12,16H,8,13H2,1-7H3.